The van der Waals surface area contributed by atoms with Gasteiger partial charge in [0.2, 0.25) is 0 Å². The van der Waals surface area contributed by atoms with E-state index in [2.05, 4.69) is 17.2 Å². The fraction of sp³-hybridized carbons (Fsp3) is 0.647. The summed E-state index contributed by atoms with van der Waals surface area (Å²) in [6.45, 7) is 7.83. The second kappa shape index (κ2) is 6.55. The van der Waals surface area contributed by atoms with Crippen LogP contribution < -0.4 is 11.1 Å². The Hall–Kier alpha value is -1.78. The first-order chi connectivity index (χ1) is 10.2. The number of carbonyl (C=O) groups excluding carboxylic acids is 1. The number of ether oxygens (including phenoxy) is 1. The first-order valence-corrected chi connectivity index (χ1v) is 7.93. The minimum absolute atomic E-state index is 0.121. The number of alkyl carbamates (subject to hydrolysis) is 1. The van der Waals surface area contributed by atoms with Gasteiger partial charge in [-0.15, -0.1) is 0 Å². The number of aromatic nitrogens is 1. The van der Waals surface area contributed by atoms with Crippen LogP contribution in [0.2, 0.25) is 0 Å². The number of pyridine rings is 1. The van der Waals surface area contributed by atoms with Crippen LogP contribution in [-0.2, 0) is 4.74 Å². The number of hydrogen-bond donors (Lipinski definition) is 2. The Morgan fingerprint density at radius 3 is 2.73 bits per heavy atom. The highest BCUT2D eigenvalue weighted by atomic mass is 16.6. The van der Waals surface area contributed by atoms with E-state index in [1.807, 2.05) is 26.8 Å². The van der Waals surface area contributed by atoms with E-state index < -0.39 is 5.60 Å². The van der Waals surface area contributed by atoms with Crippen molar-refractivity contribution >= 4 is 11.8 Å². The molecule has 0 aliphatic heterocycles. The first kappa shape index (κ1) is 16.6. The lowest BCUT2D eigenvalue weighted by Crippen LogP contribution is -2.42. The molecule has 1 fully saturated rings. The lowest BCUT2D eigenvalue weighted by Gasteiger charge is -2.34. The minimum atomic E-state index is -0.473. The quantitative estimate of drug-likeness (QED) is 0.877. The highest BCUT2D eigenvalue weighted by molar-refractivity contribution is 5.68. The van der Waals surface area contributed by atoms with Gasteiger partial charge in [-0.1, -0.05) is 6.92 Å². The molecular formula is C17H27N3O2. The van der Waals surface area contributed by atoms with Gasteiger partial charge in [0.05, 0.1) is 11.9 Å². The van der Waals surface area contributed by atoms with E-state index in [4.69, 9.17) is 10.5 Å². The maximum Gasteiger partial charge on any atom is 0.407 e. The summed E-state index contributed by atoms with van der Waals surface area (Å²) in [6.07, 6.45) is 6.08. The lowest BCUT2D eigenvalue weighted by atomic mass is 9.76. The molecule has 1 aliphatic carbocycles. The fourth-order valence-corrected chi connectivity index (χ4v) is 3.24. The second-order valence-electron chi connectivity index (χ2n) is 7.36. The van der Waals surface area contributed by atoms with Gasteiger partial charge in [-0.3, -0.25) is 4.98 Å². The summed E-state index contributed by atoms with van der Waals surface area (Å²) in [5.41, 5.74) is 7.45. The van der Waals surface area contributed by atoms with Crippen molar-refractivity contribution in [3.05, 3.63) is 24.0 Å². The molecule has 1 aromatic rings. The van der Waals surface area contributed by atoms with Crippen molar-refractivity contribution in [1.29, 1.82) is 0 Å². The molecule has 0 aromatic carbocycles. The van der Waals surface area contributed by atoms with Gasteiger partial charge in [-0.25, -0.2) is 4.79 Å². The number of nitrogens with zero attached hydrogens (tertiary/aromatic N) is 1. The molecule has 1 heterocycles. The molecule has 1 aromatic heterocycles. The highest BCUT2D eigenvalue weighted by Gasteiger charge is 2.30. The van der Waals surface area contributed by atoms with Gasteiger partial charge in [-0.2, -0.15) is 0 Å². The Morgan fingerprint density at radius 1 is 1.36 bits per heavy atom. The molecule has 3 N–H and O–H groups in total. The van der Waals surface area contributed by atoms with E-state index in [0.29, 0.717) is 11.8 Å². The number of nitrogen functional groups attached to an aromatic ring is 1. The smallest absolute Gasteiger partial charge is 0.407 e. The summed E-state index contributed by atoms with van der Waals surface area (Å²) in [7, 11) is 0. The third kappa shape index (κ3) is 4.61. The maximum atomic E-state index is 12.0. The van der Waals surface area contributed by atoms with Crippen LogP contribution in [0.15, 0.2) is 18.5 Å². The SMILES string of the molecule is C[C@H]1C[C@@H](NC(=O)OC(C)(C)C)C[C@H](c2ccncc2N)C1. The monoisotopic (exact) mass is 305 g/mol. The van der Waals surface area contributed by atoms with Gasteiger partial charge >= 0.3 is 6.09 Å². The van der Waals surface area contributed by atoms with E-state index in [0.717, 1.165) is 30.5 Å². The topological polar surface area (TPSA) is 77.2 Å². The van der Waals surface area contributed by atoms with Gasteiger partial charge in [0.1, 0.15) is 5.60 Å². The number of amides is 1. The summed E-state index contributed by atoms with van der Waals surface area (Å²) in [5.74, 6) is 0.887. The molecule has 0 radical (unpaired) electrons. The van der Waals surface area contributed by atoms with Gasteiger partial charge in [-0.05, 0) is 63.5 Å². The van der Waals surface area contributed by atoms with Crippen LogP contribution in [0.3, 0.4) is 0 Å². The van der Waals surface area contributed by atoms with Crippen LogP contribution in [0, 0.1) is 5.92 Å². The van der Waals surface area contributed by atoms with Crippen molar-refractivity contribution in [3.63, 3.8) is 0 Å². The predicted molar refractivity (Wildman–Crippen MR) is 87.6 cm³/mol. The molecule has 5 nitrogen and oxygen atoms in total. The minimum Gasteiger partial charge on any atom is -0.444 e. The number of anilines is 1. The molecule has 1 aliphatic rings. The lowest BCUT2D eigenvalue weighted by molar-refractivity contribution is 0.0482. The number of rotatable bonds is 2. The standard InChI is InChI=1S/C17H27N3O2/c1-11-7-12(14-5-6-19-10-15(14)18)9-13(8-11)20-16(21)22-17(2,3)4/h5-6,10-13H,7-9,18H2,1-4H3,(H,20,21)/t11-,12-,13-/m1/s1. The molecular weight excluding hydrogens is 278 g/mol. The molecule has 0 saturated heterocycles. The normalized spacial score (nSPS) is 25.5. The maximum absolute atomic E-state index is 12.0. The summed E-state index contributed by atoms with van der Waals surface area (Å²) in [6, 6.07) is 2.11. The van der Waals surface area contributed by atoms with Crippen LogP contribution in [0.1, 0.15) is 58.4 Å². The van der Waals surface area contributed by atoms with Crippen LogP contribution in [0.4, 0.5) is 10.5 Å². The Labute approximate surface area is 132 Å². The molecule has 5 heteroatoms. The summed E-state index contributed by atoms with van der Waals surface area (Å²) in [5, 5.41) is 3.01. The van der Waals surface area contributed by atoms with Gasteiger partial charge < -0.3 is 15.8 Å². The predicted octanol–water partition coefficient (Wildman–Crippen LogP) is 3.46. The molecule has 122 valence electrons. The molecule has 1 saturated carbocycles. The molecule has 0 bridgehead atoms. The van der Waals surface area contributed by atoms with Crippen LogP contribution in [0.25, 0.3) is 0 Å². The average molecular weight is 305 g/mol. The van der Waals surface area contributed by atoms with Crippen molar-refractivity contribution in [1.82, 2.24) is 10.3 Å². The number of nitrogens with two attached hydrogens (primary N) is 1. The van der Waals surface area contributed by atoms with Crippen molar-refractivity contribution in [2.24, 2.45) is 5.92 Å². The molecule has 22 heavy (non-hydrogen) atoms. The van der Waals surface area contributed by atoms with E-state index in [1.165, 1.54) is 0 Å². The van der Waals surface area contributed by atoms with Gasteiger partial charge in [0, 0.05) is 12.2 Å². The van der Waals surface area contributed by atoms with Crippen LogP contribution >= 0.6 is 0 Å². The zero-order valence-electron chi connectivity index (χ0n) is 13.9. The zero-order chi connectivity index (χ0) is 16.3. The highest BCUT2D eigenvalue weighted by Crippen LogP contribution is 2.38. The third-order valence-electron chi connectivity index (χ3n) is 3.99. The first-order valence-electron chi connectivity index (χ1n) is 7.93. The van der Waals surface area contributed by atoms with Crippen molar-refractivity contribution in [3.8, 4) is 0 Å². The molecule has 2 rings (SSSR count). The van der Waals surface area contributed by atoms with Crippen molar-refractivity contribution in [2.75, 3.05) is 5.73 Å². The largest absolute Gasteiger partial charge is 0.444 e. The summed E-state index contributed by atoms with van der Waals surface area (Å²) >= 11 is 0. The molecule has 1 amide bonds. The number of carbonyl (C=O) groups is 1. The average Bonchev–Trinajstić information content (AvgIpc) is 2.35. The van der Waals surface area contributed by atoms with Crippen LogP contribution in [-0.4, -0.2) is 22.7 Å². The number of nitrogens with one attached hydrogen (secondary N) is 1. The Balaban J connectivity index is 2.02. The van der Waals surface area contributed by atoms with E-state index in [-0.39, 0.29) is 12.1 Å². The Bertz CT molecular complexity index is 525. The van der Waals surface area contributed by atoms with Gasteiger partial charge in [0.25, 0.3) is 0 Å². The molecule has 0 unspecified atom stereocenters. The molecule has 0 spiro atoms. The van der Waals surface area contributed by atoms with Crippen molar-refractivity contribution in [2.45, 2.75) is 64.5 Å². The van der Waals surface area contributed by atoms with Gasteiger partial charge in [0.15, 0.2) is 0 Å². The Morgan fingerprint density at radius 2 is 2.09 bits per heavy atom. The summed E-state index contributed by atoms with van der Waals surface area (Å²) < 4.78 is 5.36. The van der Waals surface area contributed by atoms with Crippen LogP contribution in [0.5, 0.6) is 0 Å². The Kier molecular flexibility index (Phi) is 4.94. The molecule has 3 atom stereocenters. The number of hydrogen-bond acceptors (Lipinski definition) is 4. The summed E-state index contributed by atoms with van der Waals surface area (Å²) in [4.78, 5) is 16.0. The second-order valence-corrected chi connectivity index (χ2v) is 7.36. The van der Waals surface area contributed by atoms with Crippen molar-refractivity contribution < 1.29 is 9.53 Å². The third-order valence-corrected chi connectivity index (χ3v) is 3.99. The van der Waals surface area contributed by atoms with E-state index in [9.17, 15) is 4.79 Å². The van der Waals surface area contributed by atoms with E-state index in [1.54, 1.807) is 12.4 Å². The zero-order valence-corrected chi connectivity index (χ0v) is 13.9. The van der Waals surface area contributed by atoms with E-state index >= 15 is 0 Å². The fourth-order valence-electron chi connectivity index (χ4n) is 3.24.